The van der Waals surface area contributed by atoms with Crippen LogP contribution in [0.15, 0.2) is 36.4 Å². The largest absolute Gasteiger partial charge is 0.494 e. The summed E-state index contributed by atoms with van der Waals surface area (Å²) in [7, 11) is 0. The molecule has 0 bridgehead atoms. The van der Waals surface area contributed by atoms with Crippen LogP contribution in [0.3, 0.4) is 0 Å². The summed E-state index contributed by atoms with van der Waals surface area (Å²) in [4.78, 5) is 22.9. The van der Waals surface area contributed by atoms with Crippen molar-refractivity contribution in [1.82, 2.24) is 19.8 Å². The predicted molar refractivity (Wildman–Crippen MR) is 112 cm³/mol. The molecule has 1 fully saturated rings. The van der Waals surface area contributed by atoms with Crippen LogP contribution in [0.5, 0.6) is 5.75 Å². The van der Waals surface area contributed by atoms with E-state index in [1.807, 2.05) is 19.1 Å². The number of hydrogen-bond donors (Lipinski definition) is 2. The van der Waals surface area contributed by atoms with E-state index in [1.54, 1.807) is 4.90 Å². The van der Waals surface area contributed by atoms with Gasteiger partial charge in [0.05, 0.1) is 23.2 Å². The third-order valence-electron chi connectivity index (χ3n) is 5.12. The molecule has 152 valence electrons. The van der Waals surface area contributed by atoms with E-state index in [0.717, 1.165) is 25.4 Å². The molecular weight excluding hydrogens is 391 g/mol. The molecule has 29 heavy (non-hydrogen) atoms. The molecule has 0 atom stereocenters. The Kier molecular flexibility index (Phi) is 5.64. The minimum absolute atomic E-state index is 0.180. The number of imidazole rings is 1. The fraction of sp³-hybridized carbons (Fsp3) is 0.333. The topological polar surface area (TPSA) is 64.4 Å². The number of amides is 1. The molecule has 1 aromatic heterocycles. The van der Waals surface area contributed by atoms with Gasteiger partial charge in [0, 0.05) is 32.7 Å². The average Bonchev–Trinajstić information content (AvgIpc) is 3.09. The van der Waals surface area contributed by atoms with Crippen LogP contribution < -0.4 is 4.74 Å². The normalized spacial score (nSPS) is 15.0. The second-order valence-electron chi connectivity index (χ2n) is 7.10. The van der Waals surface area contributed by atoms with Gasteiger partial charge in [-0.15, -0.1) is 0 Å². The van der Waals surface area contributed by atoms with Crippen molar-refractivity contribution in [2.24, 2.45) is 0 Å². The molecule has 0 spiro atoms. The number of nitrogens with zero attached hydrogens (tertiary/aromatic N) is 2. The number of rotatable bonds is 5. The Morgan fingerprint density at radius 3 is 2.55 bits per heavy atom. The smallest absolute Gasteiger partial charge is 0.256 e. The molecule has 2 heterocycles. The Labute approximate surface area is 173 Å². The summed E-state index contributed by atoms with van der Waals surface area (Å²) in [5.74, 6) is 0.234. The molecule has 1 aliphatic rings. The van der Waals surface area contributed by atoms with Crippen LogP contribution in [0, 0.1) is 10.6 Å². The number of aromatic nitrogens is 2. The summed E-state index contributed by atoms with van der Waals surface area (Å²) in [5.41, 5.74) is 2.58. The van der Waals surface area contributed by atoms with Gasteiger partial charge in [0.2, 0.25) is 0 Å². The highest BCUT2D eigenvalue weighted by Gasteiger charge is 2.24. The van der Waals surface area contributed by atoms with E-state index in [2.05, 4.69) is 27.0 Å². The Bertz CT molecular complexity index is 1070. The van der Waals surface area contributed by atoms with Crippen molar-refractivity contribution in [2.45, 2.75) is 13.5 Å². The molecule has 0 unspecified atom stereocenters. The van der Waals surface area contributed by atoms with E-state index >= 15 is 0 Å². The first-order chi connectivity index (χ1) is 14.0. The number of H-pyrrole nitrogens is 2. The molecule has 3 aromatic rings. The van der Waals surface area contributed by atoms with Gasteiger partial charge in [-0.2, -0.15) is 0 Å². The molecule has 1 aliphatic heterocycles. The SMILES string of the molecule is CCOc1ccc(CN2CCN(C(=O)c3cc(F)cc4[nH]c(=S)[nH]c34)CC2)cc1. The zero-order valence-corrected chi connectivity index (χ0v) is 17.0. The Hall–Kier alpha value is -2.71. The van der Waals surface area contributed by atoms with Crippen LogP contribution in [-0.2, 0) is 6.54 Å². The lowest BCUT2D eigenvalue weighted by Crippen LogP contribution is -2.48. The highest BCUT2D eigenvalue weighted by atomic mass is 32.1. The summed E-state index contributed by atoms with van der Waals surface area (Å²) in [6.45, 7) is 6.16. The van der Waals surface area contributed by atoms with Crippen molar-refractivity contribution in [3.8, 4) is 5.75 Å². The number of carbonyl (C=O) groups excluding carboxylic acids is 1. The van der Waals surface area contributed by atoms with Gasteiger partial charge in [0.25, 0.3) is 5.91 Å². The number of piperazine rings is 1. The zero-order valence-electron chi connectivity index (χ0n) is 16.2. The predicted octanol–water partition coefficient (Wildman–Crippen LogP) is 3.72. The molecular formula is C21H23FN4O2S. The van der Waals surface area contributed by atoms with E-state index in [0.29, 0.717) is 41.1 Å². The van der Waals surface area contributed by atoms with Gasteiger partial charge in [0.15, 0.2) is 4.77 Å². The van der Waals surface area contributed by atoms with Gasteiger partial charge < -0.3 is 19.6 Å². The van der Waals surface area contributed by atoms with Gasteiger partial charge in [0.1, 0.15) is 11.6 Å². The van der Waals surface area contributed by atoms with E-state index in [4.69, 9.17) is 17.0 Å². The van der Waals surface area contributed by atoms with Gasteiger partial charge in [-0.1, -0.05) is 12.1 Å². The molecule has 0 radical (unpaired) electrons. The molecule has 4 rings (SSSR count). The van der Waals surface area contributed by atoms with E-state index in [-0.39, 0.29) is 5.91 Å². The van der Waals surface area contributed by atoms with Crippen molar-refractivity contribution in [1.29, 1.82) is 0 Å². The Balaban J connectivity index is 1.41. The number of ether oxygens (including phenoxy) is 1. The maximum atomic E-state index is 14.0. The van der Waals surface area contributed by atoms with Crippen molar-refractivity contribution < 1.29 is 13.9 Å². The maximum absolute atomic E-state index is 14.0. The van der Waals surface area contributed by atoms with Crippen molar-refractivity contribution in [3.05, 3.63) is 58.1 Å². The Morgan fingerprint density at radius 1 is 1.14 bits per heavy atom. The lowest BCUT2D eigenvalue weighted by atomic mass is 10.1. The monoisotopic (exact) mass is 414 g/mol. The van der Waals surface area contributed by atoms with Crippen molar-refractivity contribution in [2.75, 3.05) is 32.8 Å². The Morgan fingerprint density at radius 2 is 1.86 bits per heavy atom. The zero-order chi connectivity index (χ0) is 20.4. The molecule has 1 amide bonds. The maximum Gasteiger partial charge on any atom is 0.256 e. The lowest BCUT2D eigenvalue weighted by Gasteiger charge is -2.34. The van der Waals surface area contributed by atoms with Crippen molar-refractivity contribution in [3.63, 3.8) is 0 Å². The molecule has 2 N–H and O–H groups in total. The molecule has 8 heteroatoms. The third kappa shape index (κ3) is 4.33. The molecule has 6 nitrogen and oxygen atoms in total. The average molecular weight is 415 g/mol. The summed E-state index contributed by atoms with van der Waals surface area (Å²) >= 11 is 5.09. The number of halogens is 1. The highest BCUT2D eigenvalue weighted by molar-refractivity contribution is 7.71. The number of fused-ring (bicyclic) bond motifs is 1. The fourth-order valence-electron chi connectivity index (χ4n) is 3.67. The number of carbonyl (C=O) groups is 1. The number of nitrogens with one attached hydrogen (secondary N) is 2. The van der Waals surface area contributed by atoms with Crippen LogP contribution in [0.2, 0.25) is 0 Å². The first-order valence-corrected chi connectivity index (χ1v) is 10.1. The summed E-state index contributed by atoms with van der Waals surface area (Å²) in [6, 6.07) is 10.7. The molecule has 2 aromatic carbocycles. The summed E-state index contributed by atoms with van der Waals surface area (Å²) in [5, 5.41) is 0. The van der Waals surface area contributed by atoms with Crippen LogP contribution >= 0.6 is 12.2 Å². The number of benzene rings is 2. The lowest BCUT2D eigenvalue weighted by molar-refractivity contribution is 0.0629. The number of hydrogen-bond acceptors (Lipinski definition) is 4. The van der Waals surface area contributed by atoms with Gasteiger partial charge in [-0.3, -0.25) is 9.69 Å². The number of aromatic amines is 2. The third-order valence-corrected chi connectivity index (χ3v) is 5.32. The van der Waals surface area contributed by atoms with Crippen LogP contribution in [-0.4, -0.2) is 58.5 Å². The van der Waals surface area contributed by atoms with Gasteiger partial charge >= 0.3 is 0 Å². The molecule has 0 saturated carbocycles. The van der Waals surface area contributed by atoms with Crippen LogP contribution in [0.4, 0.5) is 4.39 Å². The summed E-state index contributed by atoms with van der Waals surface area (Å²) in [6.07, 6.45) is 0. The minimum Gasteiger partial charge on any atom is -0.494 e. The highest BCUT2D eigenvalue weighted by Crippen LogP contribution is 2.21. The van der Waals surface area contributed by atoms with E-state index in [1.165, 1.54) is 17.7 Å². The first-order valence-electron chi connectivity index (χ1n) is 9.68. The van der Waals surface area contributed by atoms with Gasteiger partial charge in [-0.25, -0.2) is 4.39 Å². The second kappa shape index (κ2) is 8.34. The van der Waals surface area contributed by atoms with Crippen LogP contribution in [0.1, 0.15) is 22.8 Å². The molecule has 1 saturated heterocycles. The molecule has 0 aliphatic carbocycles. The van der Waals surface area contributed by atoms with E-state index in [9.17, 15) is 9.18 Å². The summed E-state index contributed by atoms with van der Waals surface area (Å²) < 4.78 is 19.8. The fourth-order valence-corrected chi connectivity index (χ4v) is 3.88. The van der Waals surface area contributed by atoms with Crippen molar-refractivity contribution >= 4 is 29.2 Å². The van der Waals surface area contributed by atoms with E-state index < -0.39 is 5.82 Å². The quantitative estimate of drug-likeness (QED) is 0.625. The van der Waals surface area contributed by atoms with Crippen LogP contribution in [0.25, 0.3) is 11.0 Å². The minimum atomic E-state index is -0.458. The first kappa shape index (κ1) is 19.6. The standard InChI is InChI=1S/C21H23FN4O2S/c1-2-28-16-5-3-14(4-6-16)13-25-7-9-26(10-8-25)20(27)17-11-15(22)12-18-19(17)24-21(29)23-18/h3-6,11-12H,2,7-10,13H2,1H3,(H2,23,24,29). The second-order valence-corrected chi connectivity index (χ2v) is 7.51. The van der Waals surface area contributed by atoms with Gasteiger partial charge in [-0.05, 0) is 49.0 Å².